The number of H-pyrrole nitrogens is 1. The lowest BCUT2D eigenvalue weighted by Crippen LogP contribution is -2.09. The van der Waals surface area contributed by atoms with Crippen molar-refractivity contribution in [3.05, 3.63) is 82.0 Å². The van der Waals surface area contributed by atoms with Crippen molar-refractivity contribution in [2.75, 3.05) is 0 Å². The third kappa shape index (κ3) is 3.25. The molecule has 0 radical (unpaired) electrons. The van der Waals surface area contributed by atoms with Crippen LogP contribution in [0.25, 0.3) is 16.7 Å². The van der Waals surface area contributed by atoms with Crippen LogP contribution in [0.3, 0.4) is 0 Å². The topological polar surface area (TPSA) is 63.6 Å². The zero-order valence-corrected chi connectivity index (χ0v) is 14.8. The van der Waals surface area contributed by atoms with Crippen molar-refractivity contribution >= 4 is 22.8 Å². The van der Waals surface area contributed by atoms with Gasteiger partial charge in [0.15, 0.2) is 10.8 Å². The van der Waals surface area contributed by atoms with Crippen LogP contribution in [0.5, 0.6) is 0 Å². The van der Waals surface area contributed by atoms with E-state index in [1.807, 2.05) is 37.3 Å². The Bertz CT molecular complexity index is 1130. The molecule has 2 heterocycles. The van der Waals surface area contributed by atoms with Gasteiger partial charge in [-0.2, -0.15) is 5.10 Å². The molecule has 0 fully saturated rings. The highest BCUT2D eigenvalue weighted by Crippen LogP contribution is 2.21. The maximum atomic E-state index is 13.3. The first-order valence-corrected chi connectivity index (χ1v) is 9.01. The minimum Gasteiger partial charge on any atom is -0.301 e. The summed E-state index contributed by atoms with van der Waals surface area (Å²) in [6.07, 6.45) is 1.52. The molecule has 0 unspecified atom stereocenters. The van der Waals surface area contributed by atoms with Crippen LogP contribution < -0.4 is 5.56 Å². The molecule has 5 nitrogen and oxygen atoms in total. The van der Waals surface area contributed by atoms with E-state index in [-0.39, 0.29) is 11.4 Å². The van der Waals surface area contributed by atoms with E-state index in [0.29, 0.717) is 21.9 Å². The van der Waals surface area contributed by atoms with Gasteiger partial charge in [-0.25, -0.2) is 14.1 Å². The maximum Gasteiger partial charge on any atom is 0.262 e. The van der Waals surface area contributed by atoms with Gasteiger partial charge in [-0.3, -0.25) is 4.79 Å². The van der Waals surface area contributed by atoms with Gasteiger partial charge in [-0.05, 0) is 36.8 Å². The SMILES string of the molecule is Cc1ccc(-n2ncc3c(=O)[nH]c(SCc4cccc(F)c4)nc32)cc1. The van der Waals surface area contributed by atoms with Crippen LogP contribution in [0, 0.1) is 12.7 Å². The molecule has 1 N–H and O–H groups in total. The van der Waals surface area contributed by atoms with Gasteiger partial charge < -0.3 is 4.98 Å². The lowest BCUT2D eigenvalue weighted by Gasteiger charge is -2.05. The predicted octanol–water partition coefficient (Wildman–Crippen LogP) is 3.85. The van der Waals surface area contributed by atoms with Crippen LogP contribution >= 0.6 is 11.8 Å². The fraction of sp³-hybridized carbons (Fsp3) is 0.105. The number of fused-ring (bicyclic) bond motifs is 1. The number of hydrogen-bond acceptors (Lipinski definition) is 4. The van der Waals surface area contributed by atoms with Gasteiger partial charge in [0.25, 0.3) is 5.56 Å². The Labute approximate surface area is 152 Å². The Morgan fingerprint density at radius 3 is 2.77 bits per heavy atom. The Morgan fingerprint density at radius 1 is 1.19 bits per heavy atom. The second kappa shape index (κ2) is 6.76. The summed E-state index contributed by atoms with van der Waals surface area (Å²) < 4.78 is 14.9. The number of thioether (sulfide) groups is 1. The monoisotopic (exact) mass is 366 g/mol. The molecule has 26 heavy (non-hydrogen) atoms. The highest BCUT2D eigenvalue weighted by atomic mass is 32.2. The van der Waals surface area contributed by atoms with E-state index < -0.39 is 0 Å². The maximum absolute atomic E-state index is 13.3. The van der Waals surface area contributed by atoms with Crippen LogP contribution in [-0.2, 0) is 5.75 Å². The molecule has 130 valence electrons. The zero-order chi connectivity index (χ0) is 18.1. The Hall–Kier alpha value is -2.93. The van der Waals surface area contributed by atoms with E-state index in [4.69, 9.17) is 0 Å². The fourth-order valence-electron chi connectivity index (χ4n) is 2.62. The van der Waals surface area contributed by atoms with Crippen molar-refractivity contribution < 1.29 is 4.39 Å². The van der Waals surface area contributed by atoms with Crippen LogP contribution in [0.2, 0.25) is 0 Å². The number of nitrogens with one attached hydrogen (secondary N) is 1. The van der Waals surface area contributed by atoms with Gasteiger partial charge in [0.2, 0.25) is 0 Å². The van der Waals surface area contributed by atoms with Crippen molar-refractivity contribution in [3.63, 3.8) is 0 Å². The van der Waals surface area contributed by atoms with Crippen molar-refractivity contribution in [1.82, 2.24) is 19.7 Å². The molecule has 0 aliphatic carbocycles. The predicted molar refractivity (Wildman–Crippen MR) is 100 cm³/mol. The summed E-state index contributed by atoms with van der Waals surface area (Å²) in [5, 5.41) is 5.21. The lowest BCUT2D eigenvalue weighted by molar-refractivity contribution is 0.626. The van der Waals surface area contributed by atoms with Crippen molar-refractivity contribution in [3.8, 4) is 5.69 Å². The molecule has 2 aromatic heterocycles. The number of benzene rings is 2. The standard InChI is InChI=1S/C19H15FN4OS/c1-12-5-7-15(8-6-12)24-17-16(10-21-24)18(25)23-19(22-17)26-11-13-3-2-4-14(20)9-13/h2-10H,11H2,1H3,(H,22,23,25). The summed E-state index contributed by atoms with van der Waals surface area (Å²) in [6.45, 7) is 2.01. The number of aromatic nitrogens is 4. The van der Waals surface area contributed by atoms with Crippen molar-refractivity contribution in [2.24, 2.45) is 0 Å². The van der Waals surface area contributed by atoms with Crippen LogP contribution in [0.4, 0.5) is 4.39 Å². The number of hydrogen-bond donors (Lipinski definition) is 1. The average Bonchev–Trinajstić information content (AvgIpc) is 3.05. The first kappa shape index (κ1) is 16.5. The van der Waals surface area contributed by atoms with E-state index in [1.165, 1.54) is 30.1 Å². The smallest absolute Gasteiger partial charge is 0.262 e. The van der Waals surface area contributed by atoms with Crippen LogP contribution in [0.1, 0.15) is 11.1 Å². The number of rotatable bonds is 4. The van der Waals surface area contributed by atoms with Gasteiger partial charge in [0.05, 0.1) is 11.9 Å². The molecule has 4 rings (SSSR count). The van der Waals surface area contributed by atoms with Crippen molar-refractivity contribution in [2.45, 2.75) is 17.8 Å². The summed E-state index contributed by atoms with van der Waals surface area (Å²) in [5.74, 6) is 0.225. The average molecular weight is 366 g/mol. The lowest BCUT2D eigenvalue weighted by atomic mass is 10.2. The molecule has 0 aliphatic heterocycles. The van der Waals surface area contributed by atoms with E-state index in [2.05, 4.69) is 15.1 Å². The second-order valence-electron chi connectivity index (χ2n) is 5.92. The Kier molecular flexibility index (Phi) is 4.30. The normalized spacial score (nSPS) is 11.2. The van der Waals surface area contributed by atoms with Gasteiger partial charge in [-0.1, -0.05) is 41.6 Å². The van der Waals surface area contributed by atoms with Crippen LogP contribution in [-0.4, -0.2) is 19.7 Å². The minimum atomic E-state index is -0.280. The largest absolute Gasteiger partial charge is 0.301 e. The molecule has 0 bridgehead atoms. The summed E-state index contributed by atoms with van der Waals surface area (Å²) in [6, 6.07) is 14.2. The van der Waals surface area contributed by atoms with Crippen LogP contribution in [0.15, 0.2) is 64.7 Å². The molecular weight excluding hydrogens is 351 g/mol. The van der Waals surface area contributed by atoms with E-state index in [9.17, 15) is 9.18 Å². The third-order valence-corrected chi connectivity index (χ3v) is 4.90. The first-order valence-electron chi connectivity index (χ1n) is 8.02. The molecule has 0 atom stereocenters. The van der Waals surface area contributed by atoms with Crippen molar-refractivity contribution in [1.29, 1.82) is 0 Å². The number of halogens is 1. The molecule has 2 aromatic carbocycles. The molecule has 7 heteroatoms. The summed E-state index contributed by atoms with van der Waals surface area (Å²) >= 11 is 1.35. The number of aromatic amines is 1. The Balaban J connectivity index is 1.69. The molecular formula is C19H15FN4OS. The van der Waals surface area contributed by atoms with Gasteiger partial charge in [-0.15, -0.1) is 0 Å². The molecule has 0 saturated carbocycles. The summed E-state index contributed by atoms with van der Waals surface area (Å²) in [5.41, 5.74) is 3.06. The van der Waals surface area contributed by atoms with Gasteiger partial charge in [0.1, 0.15) is 11.2 Å². The molecule has 0 spiro atoms. The number of aryl methyl sites for hydroxylation is 1. The molecule has 4 aromatic rings. The van der Waals surface area contributed by atoms with E-state index in [0.717, 1.165) is 16.8 Å². The summed E-state index contributed by atoms with van der Waals surface area (Å²) in [4.78, 5) is 19.6. The fourth-order valence-corrected chi connectivity index (χ4v) is 3.42. The first-order chi connectivity index (χ1) is 12.6. The Morgan fingerprint density at radius 2 is 2.00 bits per heavy atom. The van der Waals surface area contributed by atoms with E-state index >= 15 is 0 Å². The molecule has 0 aliphatic rings. The van der Waals surface area contributed by atoms with E-state index in [1.54, 1.807) is 10.7 Å². The minimum absolute atomic E-state index is 0.241. The zero-order valence-electron chi connectivity index (χ0n) is 13.9. The quantitative estimate of drug-likeness (QED) is 0.440. The number of nitrogens with zero attached hydrogens (tertiary/aromatic N) is 3. The highest BCUT2D eigenvalue weighted by molar-refractivity contribution is 7.98. The highest BCUT2D eigenvalue weighted by Gasteiger charge is 2.12. The van der Waals surface area contributed by atoms with Gasteiger partial charge >= 0.3 is 0 Å². The molecule has 0 saturated heterocycles. The summed E-state index contributed by atoms with van der Waals surface area (Å²) in [7, 11) is 0. The van der Waals surface area contributed by atoms with Gasteiger partial charge in [0, 0.05) is 5.75 Å². The third-order valence-electron chi connectivity index (χ3n) is 3.96. The molecule has 0 amide bonds. The second-order valence-corrected chi connectivity index (χ2v) is 6.88.